The van der Waals surface area contributed by atoms with Gasteiger partial charge >= 0.3 is 0 Å². The van der Waals surface area contributed by atoms with E-state index in [-0.39, 0.29) is 6.04 Å². The molecule has 0 aromatic carbocycles. The molecule has 0 saturated heterocycles. The highest BCUT2D eigenvalue weighted by molar-refractivity contribution is 5.11. The molecule has 0 bridgehead atoms. The van der Waals surface area contributed by atoms with Gasteiger partial charge in [-0.15, -0.1) is 0 Å². The van der Waals surface area contributed by atoms with E-state index in [1.54, 1.807) is 6.20 Å². The van der Waals surface area contributed by atoms with Crippen molar-refractivity contribution in [1.82, 2.24) is 19.6 Å². The summed E-state index contributed by atoms with van der Waals surface area (Å²) in [5.41, 5.74) is 8.29. The molecule has 0 spiro atoms. The van der Waals surface area contributed by atoms with Gasteiger partial charge in [0.2, 0.25) is 0 Å². The summed E-state index contributed by atoms with van der Waals surface area (Å²) in [5, 5.41) is 8.79. The average molecular weight is 261 g/mol. The second-order valence-electron chi connectivity index (χ2n) is 4.95. The maximum Gasteiger partial charge on any atom is 0.0644 e. The fourth-order valence-corrected chi connectivity index (χ4v) is 2.43. The maximum atomic E-state index is 6.21. The van der Waals surface area contributed by atoms with Crippen molar-refractivity contribution >= 4 is 0 Å². The summed E-state index contributed by atoms with van der Waals surface area (Å²) in [6, 6.07) is 4.45. The molecule has 0 amide bonds. The van der Waals surface area contributed by atoms with Gasteiger partial charge in [0.25, 0.3) is 0 Å². The number of aromatic nitrogens is 4. The largest absolute Gasteiger partial charge is 0.322 e. The van der Waals surface area contributed by atoms with Crippen LogP contribution in [0.5, 0.6) is 0 Å². The van der Waals surface area contributed by atoms with Crippen molar-refractivity contribution in [1.29, 1.82) is 0 Å². The van der Waals surface area contributed by atoms with Gasteiger partial charge in [-0.05, 0) is 25.0 Å². The number of rotatable bonds is 6. The molecule has 0 fully saturated rings. The molecule has 2 aromatic heterocycles. The Morgan fingerprint density at radius 1 is 1.26 bits per heavy atom. The minimum Gasteiger partial charge on any atom is -0.322 e. The van der Waals surface area contributed by atoms with Crippen LogP contribution >= 0.6 is 0 Å². The van der Waals surface area contributed by atoms with Crippen molar-refractivity contribution in [3.8, 4) is 0 Å². The molecule has 0 aliphatic heterocycles. The second kappa shape index (κ2) is 6.02. The molecule has 1 unspecified atom stereocenters. The predicted molar refractivity (Wildman–Crippen MR) is 75.7 cm³/mol. The van der Waals surface area contributed by atoms with Gasteiger partial charge in [-0.25, -0.2) is 0 Å². The number of hydrogen-bond donors (Lipinski definition) is 1. The lowest BCUT2D eigenvalue weighted by Crippen LogP contribution is -2.17. The summed E-state index contributed by atoms with van der Waals surface area (Å²) < 4.78 is 3.88. The lowest BCUT2D eigenvalue weighted by atomic mass is 10.1. The van der Waals surface area contributed by atoms with Crippen LogP contribution in [0.4, 0.5) is 0 Å². The summed E-state index contributed by atoms with van der Waals surface area (Å²) in [5.74, 6) is 0. The summed E-state index contributed by atoms with van der Waals surface area (Å²) in [7, 11) is 1.91. The first-order valence-electron chi connectivity index (χ1n) is 6.93. The Morgan fingerprint density at radius 3 is 2.58 bits per heavy atom. The number of aryl methyl sites for hydroxylation is 1. The topological polar surface area (TPSA) is 61.7 Å². The number of nitrogens with zero attached hydrogens (tertiary/aromatic N) is 4. The van der Waals surface area contributed by atoms with E-state index in [1.807, 2.05) is 17.8 Å². The number of nitrogens with two attached hydrogens (primary N) is 1. The third kappa shape index (κ3) is 3.04. The molecule has 19 heavy (non-hydrogen) atoms. The summed E-state index contributed by atoms with van der Waals surface area (Å²) in [6.07, 6.45) is 6.78. The standard InChI is InChI=1S/C14H23N5/c1-4-12(5-2)19-9-7-11(17-19)10-13(15)14-6-8-16-18(14)3/h6-9,12-13H,4-5,10,15H2,1-3H3. The van der Waals surface area contributed by atoms with E-state index in [2.05, 4.69) is 41.0 Å². The van der Waals surface area contributed by atoms with Crippen LogP contribution in [0.15, 0.2) is 24.5 Å². The van der Waals surface area contributed by atoms with Gasteiger partial charge in [-0.1, -0.05) is 13.8 Å². The van der Waals surface area contributed by atoms with E-state index < -0.39 is 0 Å². The number of hydrogen-bond acceptors (Lipinski definition) is 3. The molecule has 2 N–H and O–H groups in total. The molecule has 2 rings (SSSR count). The van der Waals surface area contributed by atoms with Gasteiger partial charge in [-0.2, -0.15) is 10.2 Å². The highest BCUT2D eigenvalue weighted by atomic mass is 15.3. The van der Waals surface area contributed by atoms with E-state index in [0.29, 0.717) is 6.04 Å². The van der Waals surface area contributed by atoms with E-state index in [0.717, 1.165) is 30.7 Å². The lowest BCUT2D eigenvalue weighted by Gasteiger charge is -2.13. The quantitative estimate of drug-likeness (QED) is 0.867. The monoisotopic (exact) mass is 261 g/mol. The first-order valence-corrected chi connectivity index (χ1v) is 6.93. The van der Waals surface area contributed by atoms with Crippen molar-refractivity contribution in [2.24, 2.45) is 12.8 Å². The molecule has 5 nitrogen and oxygen atoms in total. The van der Waals surface area contributed by atoms with Crippen LogP contribution in [-0.4, -0.2) is 19.6 Å². The van der Waals surface area contributed by atoms with E-state index in [9.17, 15) is 0 Å². The summed E-state index contributed by atoms with van der Waals surface area (Å²) in [4.78, 5) is 0. The van der Waals surface area contributed by atoms with Crippen LogP contribution < -0.4 is 5.73 Å². The van der Waals surface area contributed by atoms with Gasteiger partial charge in [0.05, 0.1) is 23.5 Å². The molecular weight excluding hydrogens is 238 g/mol. The van der Waals surface area contributed by atoms with Crippen molar-refractivity contribution < 1.29 is 0 Å². The Bertz CT molecular complexity index is 509. The van der Waals surface area contributed by atoms with Gasteiger partial charge in [0, 0.05) is 25.9 Å². The van der Waals surface area contributed by atoms with E-state index in [4.69, 9.17) is 5.73 Å². The zero-order valence-corrected chi connectivity index (χ0v) is 12.0. The van der Waals surface area contributed by atoms with Crippen LogP contribution in [0.3, 0.4) is 0 Å². The van der Waals surface area contributed by atoms with Gasteiger partial charge in [0.1, 0.15) is 0 Å². The zero-order valence-electron chi connectivity index (χ0n) is 12.0. The van der Waals surface area contributed by atoms with Gasteiger partial charge in [0.15, 0.2) is 0 Å². The third-order valence-electron chi connectivity index (χ3n) is 3.65. The molecule has 2 aromatic rings. The molecule has 1 atom stereocenters. The second-order valence-corrected chi connectivity index (χ2v) is 4.95. The third-order valence-corrected chi connectivity index (χ3v) is 3.65. The van der Waals surface area contributed by atoms with Crippen LogP contribution in [0, 0.1) is 0 Å². The molecule has 2 heterocycles. The summed E-state index contributed by atoms with van der Waals surface area (Å²) >= 11 is 0. The van der Waals surface area contributed by atoms with Gasteiger partial charge in [-0.3, -0.25) is 9.36 Å². The predicted octanol–water partition coefficient (Wildman–Crippen LogP) is 2.22. The fraction of sp³-hybridized carbons (Fsp3) is 0.571. The Hall–Kier alpha value is -1.62. The Balaban J connectivity index is 2.06. The van der Waals surface area contributed by atoms with Crippen molar-refractivity contribution in [2.75, 3.05) is 0 Å². The van der Waals surface area contributed by atoms with Crippen molar-refractivity contribution in [3.05, 3.63) is 35.9 Å². The maximum absolute atomic E-state index is 6.21. The summed E-state index contributed by atoms with van der Waals surface area (Å²) in [6.45, 7) is 4.38. The van der Waals surface area contributed by atoms with Crippen molar-refractivity contribution in [2.45, 2.75) is 45.2 Å². The Kier molecular flexibility index (Phi) is 4.37. The van der Waals surface area contributed by atoms with E-state index >= 15 is 0 Å². The SMILES string of the molecule is CCC(CC)n1ccc(CC(N)c2ccnn2C)n1. The van der Waals surface area contributed by atoms with Crippen molar-refractivity contribution in [3.63, 3.8) is 0 Å². The fourth-order valence-electron chi connectivity index (χ4n) is 2.43. The molecule has 5 heteroatoms. The lowest BCUT2D eigenvalue weighted by molar-refractivity contribution is 0.424. The average Bonchev–Trinajstić information content (AvgIpc) is 3.00. The minimum absolute atomic E-state index is 0.0578. The highest BCUT2D eigenvalue weighted by Gasteiger charge is 2.14. The normalized spacial score (nSPS) is 13.1. The van der Waals surface area contributed by atoms with Crippen LogP contribution in [0.2, 0.25) is 0 Å². The van der Waals surface area contributed by atoms with Crippen LogP contribution in [-0.2, 0) is 13.5 Å². The molecule has 0 aliphatic rings. The van der Waals surface area contributed by atoms with Crippen LogP contribution in [0.25, 0.3) is 0 Å². The highest BCUT2D eigenvalue weighted by Crippen LogP contribution is 2.17. The molecule has 0 saturated carbocycles. The first-order chi connectivity index (χ1) is 9.15. The molecular formula is C14H23N5. The van der Waals surface area contributed by atoms with Crippen LogP contribution in [0.1, 0.15) is 50.2 Å². The molecule has 104 valence electrons. The Morgan fingerprint density at radius 2 is 2.00 bits per heavy atom. The zero-order chi connectivity index (χ0) is 13.8. The van der Waals surface area contributed by atoms with E-state index in [1.165, 1.54) is 0 Å². The first kappa shape index (κ1) is 13.8. The van der Waals surface area contributed by atoms with Gasteiger partial charge < -0.3 is 5.73 Å². The minimum atomic E-state index is -0.0578. The molecule has 0 aliphatic carbocycles. The molecule has 0 radical (unpaired) electrons. The smallest absolute Gasteiger partial charge is 0.0644 e. The Labute approximate surface area is 114 Å².